The van der Waals surface area contributed by atoms with Gasteiger partial charge in [0.15, 0.2) is 5.78 Å². The van der Waals surface area contributed by atoms with E-state index < -0.39 is 29.4 Å². The van der Waals surface area contributed by atoms with E-state index in [1.807, 2.05) is 0 Å². The van der Waals surface area contributed by atoms with Gasteiger partial charge in [0, 0.05) is 43.4 Å². The van der Waals surface area contributed by atoms with Gasteiger partial charge in [-0.2, -0.15) is 0 Å². The molecule has 4 atom stereocenters. The number of carbonyl (C=O) groups is 3. The first kappa shape index (κ1) is 22.5. The van der Waals surface area contributed by atoms with Gasteiger partial charge in [-0.3, -0.25) is 14.4 Å². The van der Waals surface area contributed by atoms with E-state index in [9.17, 15) is 28.3 Å². The molecule has 1 amide bonds. The number of ketones is 2. The summed E-state index contributed by atoms with van der Waals surface area (Å²) in [4.78, 5) is 38.4. The predicted octanol–water partition coefficient (Wildman–Crippen LogP) is 2.40. The molecule has 1 fully saturated rings. The molecule has 4 rings (SSSR count). The van der Waals surface area contributed by atoms with Gasteiger partial charge in [0.1, 0.15) is 17.7 Å². The summed E-state index contributed by atoms with van der Waals surface area (Å²) < 4.78 is 32.1. The molecule has 0 aromatic heterocycles. The van der Waals surface area contributed by atoms with Crippen LogP contribution in [0.4, 0.5) is 8.78 Å². The molecule has 6 nitrogen and oxygen atoms in total. The summed E-state index contributed by atoms with van der Waals surface area (Å²) in [6.07, 6.45) is 2.56. The van der Waals surface area contributed by atoms with Gasteiger partial charge in [0.2, 0.25) is 5.78 Å². The zero-order valence-corrected chi connectivity index (χ0v) is 17.7. The van der Waals surface area contributed by atoms with Crippen LogP contribution in [0.1, 0.15) is 31.2 Å². The molecule has 0 saturated heterocycles. The molecule has 170 valence electrons. The number of methoxy groups -OCH3 is 1. The predicted molar refractivity (Wildman–Crippen MR) is 110 cm³/mol. The van der Waals surface area contributed by atoms with Crippen LogP contribution in [0, 0.1) is 29.4 Å². The van der Waals surface area contributed by atoms with Gasteiger partial charge in [-0.15, -0.1) is 0 Å². The van der Waals surface area contributed by atoms with E-state index in [4.69, 9.17) is 4.74 Å². The number of Topliss-reactive ketones (excluding diaryl/α,β-unsaturated/α-hetero) is 2. The number of nitrogens with one attached hydrogen (secondary N) is 1. The third kappa shape index (κ3) is 4.17. The van der Waals surface area contributed by atoms with Crippen molar-refractivity contribution < 1.29 is 33.0 Å². The van der Waals surface area contributed by atoms with Crippen molar-refractivity contribution in [3.05, 3.63) is 58.2 Å². The highest BCUT2D eigenvalue weighted by molar-refractivity contribution is 6.25. The molecule has 0 radical (unpaired) electrons. The van der Waals surface area contributed by atoms with Crippen LogP contribution >= 0.6 is 0 Å². The van der Waals surface area contributed by atoms with Crippen LogP contribution in [0.15, 0.2) is 41.0 Å². The maximum atomic E-state index is 13.8. The first-order valence-electron chi connectivity index (χ1n) is 10.7. The fourth-order valence-electron chi connectivity index (χ4n) is 5.15. The van der Waals surface area contributed by atoms with Crippen LogP contribution in [-0.2, 0) is 25.7 Å². The summed E-state index contributed by atoms with van der Waals surface area (Å²) in [5.74, 6) is -3.19. The Kier molecular flexibility index (Phi) is 6.35. The molecule has 2 unspecified atom stereocenters. The number of amides is 1. The number of aliphatic hydroxyl groups is 1. The van der Waals surface area contributed by atoms with Crippen LogP contribution in [0.2, 0.25) is 0 Å². The summed E-state index contributed by atoms with van der Waals surface area (Å²) in [5.41, 5.74) is 0.405. The molecule has 1 aromatic rings. The molecule has 3 aliphatic carbocycles. The van der Waals surface area contributed by atoms with E-state index in [2.05, 4.69) is 5.32 Å². The lowest BCUT2D eigenvalue weighted by Crippen LogP contribution is -2.44. The van der Waals surface area contributed by atoms with E-state index in [-0.39, 0.29) is 40.9 Å². The minimum Gasteiger partial charge on any atom is -0.384 e. The summed E-state index contributed by atoms with van der Waals surface area (Å²) in [7, 11) is 1.65. The number of hydrogen-bond acceptors (Lipinski definition) is 5. The standard InChI is InChI=1S/C24H25F2NO5/c1-32-11-12-2-5-17-14(6-12)7-15-8-18(22(29)23(30)20(15)21(17)28)24(31)27-10-13-3-4-16(25)9-19(13)26/h3-4,8-9,12,14,17,23,30H,2,5-7,10-11H2,1H3,(H,27,31)/t12-,14-,17?,23?/m0/s1. The first-order chi connectivity index (χ1) is 15.3. The molecule has 1 aromatic carbocycles. The van der Waals surface area contributed by atoms with Gasteiger partial charge in [-0.05, 0) is 55.2 Å². The third-order valence-corrected chi connectivity index (χ3v) is 6.73. The second-order valence-corrected chi connectivity index (χ2v) is 8.75. The van der Waals surface area contributed by atoms with Crippen molar-refractivity contribution in [1.29, 1.82) is 0 Å². The Bertz CT molecular complexity index is 1030. The van der Waals surface area contributed by atoms with Crippen molar-refractivity contribution in [2.45, 2.75) is 38.3 Å². The lowest BCUT2D eigenvalue weighted by atomic mass is 9.63. The van der Waals surface area contributed by atoms with E-state index >= 15 is 0 Å². The highest BCUT2D eigenvalue weighted by atomic mass is 19.1. The van der Waals surface area contributed by atoms with Crippen molar-refractivity contribution in [3.8, 4) is 0 Å². The quantitative estimate of drug-likeness (QED) is 0.679. The molecular formula is C24H25F2NO5. The maximum Gasteiger partial charge on any atom is 0.255 e. The SMILES string of the molecule is COC[C@H]1CCC2C(=O)C3=C(C=C(C(=O)NCc4ccc(F)cc4F)C(=O)C3O)C[C@@H]2C1. The van der Waals surface area contributed by atoms with Crippen LogP contribution in [0.25, 0.3) is 0 Å². The van der Waals surface area contributed by atoms with Gasteiger partial charge in [0.05, 0.1) is 5.57 Å². The zero-order valence-electron chi connectivity index (χ0n) is 17.7. The molecule has 0 aliphatic heterocycles. The number of fused-ring (bicyclic) bond motifs is 1. The van der Waals surface area contributed by atoms with Gasteiger partial charge >= 0.3 is 0 Å². The monoisotopic (exact) mass is 445 g/mol. The summed E-state index contributed by atoms with van der Waals surface area (Å²) in [6, 6.07) is 2.98. The van der Waals surface area contributed by atoms with E-state index in [0.717, 1.165) is 18.9 Å². The Labute approximate surface area is 184 Å². The number of rotatable bonds is 5. The molecule has 2 N–H and O–H groups in total. The highest BCUT2D eigenvalue weighted by Gasteiger charge is 2.46. The number of carbonyl (C=O) groups excluding carboxylic acids is 3. The molecule has 0 heterocycles. The normalized spacial score (nSPS) is 27.6. The van der Waals surface area contributed by atoms with Crippen molar-refractivity contribution in [2.75, 3.05) is 13.7 Å². The Morgan fingerprint density at radius 1 is 1.22 bits per heavy atom. The third-order valence-electron chi connectivity index (χ3n) is 6.73. The molecule has 0 spiro atoms. The largest absolute Gasteiger partial charge is 0.384 e. The fourth-order valence-corrected chi connectivity index (χ4v) is 5.15. The Hall–Kier alpha value is -2.71. The van der Waals surface area contributed by atoms with E-state index in [1.165, 1.54) is 12.1 Å². The van der Waals surface area contributed by atoms with Gasteiger partial charge in [0.25, 0.3) is 5.91 Å². The number of allylic oxidation sites excluding steroid dienone is 2. The van der Waals surface area contributed by atoms with Crippen LogP contribution < -0.4 is 5.32 Å². The van der Waals surface area contributed by atoms with Gasteiger partial charge in [-0.25, -0.2) is 8.78 Å². The van der Waals surface area contributed by atoms with Crippen LogP contribution in [-0.4, -0.2) is 42.4 Å². The second kappa shape index (κ2) is 9.03. The minimum absolute atomic E-state index is 0.0612. The lowest BCUT2D eigenvalue weighted by molar-refractivity contribution is -0.131. The highest BCUT2D eigenvalue weighted by Crippen LogP contribution is 2.45. The van der Waals surface area contributed by atoms with Crippen molar-refractivity contribution in [2.24, 2.45) is 17.8 Å². The second-order valence-electron chi connectivity index (χ2n) is 8.75. The van der Waals surface area contributed by atoms with E-state index in [0.29, 0.717) is 37.0 Å². The lowest BCUT2D eigenvalue weighted by Gasteiger charge is -2.41. The average Bonchev–Trinajstić information content (AvgIpc) is 2.75. The zero-order chi connectivity index (χ0) is 23.0. The van der Waals surface area contributed by atoms with Crippen LogP contribution in [0.5, 0.6) is 0 Å². The average molecular weight is 445 g/mol. The number of benzene rings is 1. The Morgan fingerprint density at radius 3 is 2.72 bits per heavy atom. The smallest absolute Gasteiger partial charge is 0.255 e. The van der Waals surface area contributed by atoms with Crippen molar-refractivity contribution >= 4 is 17.5 Å². The molecule has 3 aliphatic rings. The van der Waals surface area contributed by atoms with Gasteiger partial charge < -0.3 is 15.2 Å². The number of aliphatic hydroxyl groups excluding tert-OH is 1. The number of ether oxygens (including phenoxy) is 1. The number of halogens is 2. The fraction of sp³-hybridized carbons (Fsp3) is 0.458. The van der Waals surface area contributed by atoms with Gasteiger partial charge in [-0.1, -0.05) is 6.07 Å². The molecule has 0 bridgehead atoms. The molecular weight excluding hydrogens is 420 g/mol. The van der Waals surface area contributed by atoms with Crippen LogP contribution in [0.3, 0.4) is 0 Å². The topological polar surface area (TPSA) is 92.7 Å². The molecule has 8 heteroatoms. The molecule has 32 heavy (non-hydrogen) atoms. The van der Waals surface area contributed by atoms with Crippen molar-refractivity contribution in [3.63, 3.8) is 0 Å². The minimum atomic E-state index is -1.68. The summed E-state index contributed by atoms with van der Waals surface area (Å²) in [5, 5.41) is 13.0. The molecule has 1 saturated carbocycles. The maximum absolute atomic E-state index is 13.8. The Morgan fingerprint density at radius 2 is 2.00 bits per heavy atom. The number of hydrogen-bond donors (Lipinski definition) is 2. The van der Waals surface area contributed by atoms with E-state index in [1.54, 1.807) is 7.11 Å². The summed E-state index contributed by atoms with van der Waals surface area (Å²) >= 11 is 0. The Balaban J connectivity index is 1.54. The summed E-state index contributed by atoms with van der Waals surface area (Å²) in [6.45, 7) is 0.369. The van der Waals surface area contributed by atoms with Crippen molar-refractivity contribution in [1.82, 2.24) is 5.32 Å². The first-order valence-corrected chi connectivity index (χ1v) is 10.7.